The second-order valence-electron chi connectivity index (χ2n) is 7.20. The Kier molecular flexibility index (Phi) is 4.84. The van der Waals surface area contributed by atoms with Crippen molar-refractivity contribution in [2.45, 2.75) is 52.2 Å². The van der Waals surface area contributed by atoms with Crippen molar-refractivity contribution in [1.82, 2.24) is 10.3 Å². The maximum absolute atomic E-state index is 12.2. The molecule has 2 amide bonds. The number of amides is 2. The minimum atomic E-state index is -0.290. The van der Waals surface area contributed by atoms with Gasteiger partial charge in [0.1, 0.15) is 0 Å². The van der Waals surface area contributed by atoms with Crippen LogP contribution in [0.3, 0.4) is 0 Å². The van der Waals surface area contributed by atoms with Crippen LogP contribution in [0.2, 0.25) is 0 Å². The molecule has 1 fully saturated rings. The molecular weight excluding hydrogens is 294 g/mol. The van der Waals surface area contributed by atoms with Crippen LogP contribution in [0.5, 0.6) is 5.75 Å². The number of pyridine rings is 1. The van der Waals surface area contributed by atoms with Crippen molar-refractivity contribution in [2.75, 3.05) is 19.0 Å². The van der Waals surface area contributed by atoms with Gasteiger partial charge in [0.15, 0.2) is 11.6 Å². The number of nitrogens with one attached hydrogen (secondary N) is 2. The molecule has 0 bridgehead atoms. The lowest BCUT2D eigenvalue weighted by Crippen LogP contribution is -2.39. The van der Waals surface area contributed by atoms with Gasteiger partial charge in [0.05, 0.1) is 18.3 Å². The predicted octanol–water partition coefficient (Wildman–Crippen LogP) is 3.11. The molecule has 1 saturated heterocycles. The third kappa shape index (κ3) is 4.34. The summed E-state index contributed by atoms with van der Waals surface area (Å²) in [5.41, 5.74) is 0.400. The fraction of sp³-hybridized carbons (Fsp3) is 0.647. The number of hydrogen-bond donors (Lipinski definition) is 2. The van der Waals surface area contributed by atoms with Crippen molar-refractivity contribution in [3.63, 3.8) is 0 Å². The molecule has 1 aliphatic rings. The normalized spacial score (nSPS) is 21.7. The molecule has 1 atom stereocenters. The van der Waals surface area contributed by atoms with Crippen LogP contribution in [-0.4, -0.2) is 35.9 Å². The van der Waals surface area contributed by atoms with Gasteiger partial charge in [-0.15, -0.1) is 0 Å². The third-order valence-corrected chi connectivity index (χ3v) is 4.22. The summed E-state index contributed by atoms with van der Waals surface area (Å²) in [4.78, 5) is 16.5. The standard InChI is InChI=1S/C17H27N3O3/c1-11-7-8-13(22-6)14(19-11)20-15(21)18-10-12-9-16(2,3)23-17(12,4)5/h7-8,12H,9-10H2,1-6H3,(H2,18,19,20,21). The first-order chi connectivity index (χ1) is 10.6. The molecule has 0 aromatic carbocycles. The number of aromatic nitrogens is 1. The van der Waals surface area contributed by atoms with Gasteiger partial charge in [0, 0.05) is 18.2 Å². The van der Waals surface area contributed by atoms with Crippen LogP contribution in [-0.2, 0) is 4.74 Å². The highest BCUT2D eigenvalue weighted by Crippen LogP contribution is 2.41. The molecule has 128 valence electrons. The molecular formula is C17H27N3O3. The van der Waals surface area contributed by atoms with Crippen molar-refractivity contribution in [3.8, 4) is 5.75 Å². The van der Waals surface area contributed by atoms with Crippen molar-refractivity contribution >= 4 is 11.8 Å². The van der Waals surface area contributed by atoms with E-state index in [9.17, 15) is 4.79 Å². The van der Waals surface area contributed by atoms with Crippen LogP contribution >= 0.6 is 0 Å². The number of nitrogens with zero attached hydrogens (tertiary/aromatic N) is 1. The average molecular weight is 321 g/mol. The monoisotopic (exact) mass is 321 g/mol. The van der Waals surface area contributed by atoms with Gasteiger partial charge in [-0.05, 0) is 53.2 Å². The number of hydrogen-bond acceptors (Lipinski definition) is 4. The maximum Gasteiger partial charge on any atom is 0.320 e. The molecule has 2 heterocycles. The predicted molar refractivity (Wildman–Crippen MR) is 89.9 cm³/mol. The summed E-state index contributed by atoms with van der Waals surface area (Å²) < 4.78 is 11.3. The quantitative estimate of drug-likeness (QED) is 0.894. The lowest BCUT2D eigenvalue weighted by Gasteiger charge is -2.27. The molecule has 1 unspecified atom stereocenters. The van der Waals surface area contributed by atoms with Crippen LogP contribution in [0.4, 0.5) is 10.6 Å². The molecule has 1 aromatic heterocycles. The molecule has 1 aromatic rings. The fourth-order valence-corrected chi connectivity index (χ4v) is 3.16. The van der Waals surface area contributed by atoms with Gasteiger partial charge < -0.3 is 14.8 Å². The largest absolute Gasteiger partial charge is 0.493 e. The summed E-state index contributed by atoms with van der Waals surface area (Å²) in [6.07, 6.45) is 0.909. The molecule has 0 spiro atoms. The first-order valence-electron chi connectivity index (χ1n) is 7.89. The topological polar surface area (TPSA) is 72.5 Å². The minimum absolute atomic E-state index is 0.159. The number of rotatable bonds is 4. The number of carbonyl (C=O) groups is 1. The average Bonchev–Trinajstić information content (AvgIpc) is 2.64. The number of methoxy groups -OCH3 is 1. The number of ether oxygens (including phenoxy) is 2. The summed E-state index contributed by atoms with van der Waals surface area (Å²) in [5.74, 6) is 1.22. The summed E-state index contributed by atoms with van der Waals surface area (Å²) in [5, 5.41) is 5.66. The SMILES string of the molecule is COc1ccc(C)nc1NC(=O)NCC1CC(C)(C)OC1(C)C. The summed E-state index contributed by atoms with van der Waals surface area (Å²) >= 11 is 0. The van der Waals surface area contributed by atoms with E-state index in [0.717, 1.165) is 12.1 Å². The molecule has 2 N–H and O–H groups in total. The van der Waals surface area contributed by atoms with Crippen molar-refractivity contribution in [2.24, 2.45) is 5.92 Å². The lowest BCUT2D eigenvalue weighted by molar-refractivity contribution is -0.0740. The number of anilines is 1. The van der Waals surface area contributed by atoms with Gasteiger partial charge in [0.25, 0.3) is 0 Å². The molecule has 6 nitrogen and oxygen atoms in total. The smallest absolute Gasteiger partial charge is 0.320 e. The number of urea groups is 1. The molecule has 6 heteroatoms. The van der Waals surface area contributed by atoms with E-state index < -0.39 is 0 Å². The fourth-order valence-electron chi connectivity index (χ4n) is 3.16. The van der Waals surface area contributed by atoms with E-state index in [1.165, 1.54) is 0 Å². The molecule has 0 aliphatic carbocycles. The van der Waals surface area contributed by atoms with Gasteiger partial charge in [-0.25, -0.2) is 9.78 Å². The first-order valence-corrected chi connectivity index (χ1v) is 7.89. The van der Waals surface area contributed by atoms with E-state index in [0.29, 0.717) is 18.1 Å². The van der Waals surface area contributed by atoms with E-state index in [2.05, 4.69) is 43.3 Å². The lowest BCUT2D eigenvalue weighted by atomic mass is 9.87. The van der Waals surface area contributed by atoms with Crippen LogP contribution in [0.25, 0.3) is 0 Å². The van der Waals surface area contributed by atoms with Crippen molar-refractivity contribution in [1.29, 1.82) is 0 Å². The Labute approximate surface area is 138 Å². The van der Waals surface area contributed by atoms with Gasteiger partial charge >= 0.3 is 6.03 Å². The van der Waals surface area contributed by atoms with E-state index in [-0.39, 0.29) is 23.2 Å². The Balaban J connectivity index is 1.95. The molecule has 23 heavy (non-hydrogen) atoms. The van der Waals surface area contributed by atoms with Gasteiger partial charge in [-0.2, -0.15) is 0 Å². The van der Waals surface area contributed by atoms with Crippen molar-refractivity contribution in [3.05, 3.63) is 17.8 Å². The second-order valence-corrected chi connectivity index (χ2v) is 7.20. The van der Waals surface area contributed by atoms with E-state index in [4.69, 9.17) is 9.47 Å². The van der Waals surface area contributed by atoms with E-state index >= 15 is 0 Å². The highest BCUT2D eigenvalue weighted by Gasteiger charge is 2.45. The minimum Gasteiger partial charge on any atom is -0.493 e. The highest BCUT2D eigenvalue weighted by molar-refractivity contribution is 5.89. The Morgan fingerprint density at radius 3 is 2.65 bits per heavy atom. The zero-order valence-corrected chi connectivity index (χ0v) is 14.8. The van der Waals surface area contributed by atoms with Gasteiger partial charge in [-0.3, -0.25) is 5.32 Å². The zero-order chi connectivity index (χ0) is 17.3. The van der Waals surface area contributed by atoms with Gasteiger partial charge in [-0.1, -0.05) is 0 Å². The van der Waals surface area contributed by atoms with Gasteiger partial charge in [0.2, 0.25) is 0 Å². The Hall–Kier alpha value is -1.82. The highest BCUT2D eigenvalue weighted by atomic mass is 16.5. The summed E-state index contributed by atoms with van der Waals surface area (Å²) in [6.45, 7) is 10.7. The molecule has 2 rings (SSSR count). The van der Waals surface area contributed by atoms with E-state index in [1.54, 1.807) is 13.2 Å². The third-order valence-electron chi connectivity index (χ3n) is 4.22. The van der Waals surface area contributed by atoms with Crippen LogP contribution in [0, 0.1) is 12.8 Å². The first kappa shape index (κ1) is 17.5. The number of aryl methyl sites for hydroxylation is 1. The Bertz CT molecular complexity index is 584. The van der Waals surface area contributed by atoms with E-state index in [1.807, 2.05) is 13.0 Å². The summed E-state index contributed by atoms with van der Waals surface area (Å²) in [7, 11) is 1.55. The van der Waals surface area contributed by atoms with Crippen LogP contribution in [0.15, 0.2) is 12.1 Å². The maximum atomic E-state index is 12.2. The van der Waals surface area contributed by atoms with Crippen LogP contribution < -0.4 is 15.4 Å². The van der Waals surface area contributed by atoms with Crippen molar-refractivity contribution < 1.29 is 14.3 Å². The molecule has 0 saturated carbocycles. The zero-order valence-electron chi connectivity index (χ0n) is 14.8. The summed E-state index contributed by atoms with van der Waals surface area (Å²) in [6, 6.07) is 3.33. The number of carbonyl (C=O) groups excluding carboxylic acids is 1. The molecule has 0 radical (unpaired) electrons. The Morgan fingerprint density at radius 1 is 1.39 bits per heavy atom. The van der Waals surface area contributed by atoms with Crippen LogP contribution in [0.1, 0.15) is 39.8 Å². The second kappa shape index (κ2) is 6.35. The Morgan fingerprint density at radius 2 is 2.09 bits per heavy atom. The molecule has 1 aliphatic heterocycles.